The van der Waals surface area contributed by atoms with Gasteiger partial charge in [-0.15, -0.1) is 0 Å². The molecule has 0 spiro atoms. The van der Waals surface area contributed by atoms with Crippen LogP contribution < -0.4 is 8.99 Å². The van der Waals surface area contributed by atoms with Gasteiger partial charge < -0.3 is 0 Å². The molecule has 165 valence electrons. The Bertz CT molecular complexity index is 756. The van der Waals surface area contributed by atoms with E-state index in [-0.39, 0.29) is 0 Å². The minimum absolute atomic E-state index is 0.309. The molecule has 2 unspecified atom stereocenters. The molecular formula is C26H42NOSiTi. The number of carbonyl (C=O) groups is 1. The zero-order chi connectivity index (χ0) is 22.1. The number of carbonyl (C=O) groups excluding carboxylic acids is 1. The standard InChI is InChI=1S/C10H21NO.C9H13.C7H9Si.Ti/c1-2-3-4-5-6-7-8-9-10(11)12;1-6-5-7(2)9(4)8(6)3;1-8-7-5-3-2-4-6-7;/h2-9H2,1H3,(H2,11,12);6H,1-4H3;2-6,8H,1H3;/q;;;+1/p-1. The normalized spacial score (nSPS) is 17.5. The quantitative estimate of drug-likeness (QED) is 0.288. The van der Waals surface area contributed by atoms with E-state index in [2.05, 4.69) is 75.3 Å². The van der Waals surface area contributed by atoms with E-state index < -0.39 is 24.0 Å². The third-order valence-electron chi connectivity index (χ3n) is 6.94. The number of hydrogen-bond donors (Lipinski definition) is 1. The van der Waals surface area contributed by atoms with Crippen LogP contribution in [0.3, 0.4) is 0 Å². The second-order valence-corrected chi connectivity index (χ2v) is 20.1. The number of allylic oxidation sites excluding steroid dienone is 4. The second-order valence-electron chi connectivity index (χ2n) is 9.03. The molecule has 4 heteroatoms. The van der Waals surface area contributed by atoms with Crippen LogP contribution in [0.25, 0.3) is 0 Å². The van der Waals surface area contributed by atoms with E-state index in [1.54, 1.807) is 3.88 Å². The third kappa shape index (κ3) is 6.80. The summed E-state index contributed by atoms with van der Waals surface area (Å²) in [5, 5.41) is 1.50. The topological polar surface area (TPSA) is 29.1 Å². The molecule has 0 aromatic heterocycles. The number of rotatable bonds is 12. The first-order valence-corrected chi connectivity index (χ1v) is 18.6. The number of unbranched alkanes of at least 4 members (excludes halogenated alkanes) is 6. The minimum atomic E-state index is -1.90. The maximum absolute atomic E-state index is 13.0. The summed E-state index contributed by atoms with van der Waals surface area (Å²) >= 11 is -1.90. The summed E-state index contributed by atoms with van der Waals surface area (Å²) in [4.78, 5) is 13.0. The number of hydrogen-bond acceptors (Lipinski definition) is 1. The molecule has 1 aliphatic rings. The van der Waals surface area contributed by atoms with Gasteiger partial charge in [-0.05, 0) is 0 Å². The first kappa shape index (κ1) is 25.4. The number of nitrogens with one attached hydrogen (secondary N) is 1. The Morgan fingerprint density at radius 1 is 0.967 bits per heavy atom. The van der Waals surface area contributed by atoms with Crippen molar-refractivity contribution in [2.75, 3.05) is 0 Å². The number of benzene rings is 1. The van der Waals surface area contributed by atoms with Crippen LogP contribution in [0, 0.1) is 5.92 Å². The van der Waals surface area contributed by atoms with Crippen molar-refractivity contribution in [3.05, 3.63) is 50.9 Å². The van der Waals surface area contributed by atoms with Gasteiger partial charge in [-0.1, -0.05) is 0 Å². The molecule has 0 aliphatic heterocycles. The Kier molecular flexibility index (Phi) is 10.9. The molecule has 0 saturated carbocycles. The van der Waals surface area contributed by atoms with Crippen molar-refractivity contribution in [3.8, 4) is 0 Å². The van der Waals surface area contributed by atoms with Crippen molar-refractivity contribution in [1.82, 2.24) is 3.80 Å². The summed E-state index contributed by atoms with van der Waals surface area (Å²) in [6, 6.07) is 11.0. The van der Waals surface area contributed by atoms with Crippen LogP contribution in [0.1, 0.15) is 86.0 Å². The molecule has 0 bridgehead atoms. The van der Waals surface area contributed by atoms with Crippen molar-refractivity contribution >= 4 is 17.8 Å². The molecule has 1 aliphatic carbocycles. The monoisotopic (exact) mass is 460 g/mol. The van der Waals surface area contributed by atoms with Crippen LogP contribution in [-0.4, -0.2) is 12.6 Å². The summed E-state index contributed by atoms with van der Waals surface area (Å²) < 4.78 is 5.30. The fraction of sp³-hybridized carbons (Fsp3) is 0.577. The van der Waals surface area contributed by atoms with Gasteiger partial charge in [0.2, 0.25) is 0 Å². The van der Waals surface area contributed by atoms with Crippen LogP contribution >= 0.6 is 0 Å². The molecule has 2 nitrogen and oxygen atoms in total. The van der Waals surface area contributed by atoms with Crippen LogP contribution in [-0.2, 0) is 22.2 Å². The van der Waals surface area contributed by atoms with E-state index in [1.165, 1.54) is 60.4 Å². The van der Waals surface area contributed by atoms with Gasteiger partial charge in [-0.2, -0.15) is 0 Å². The summed E-state index contributed by atoms with van der Waals surface area (Å²) in [5.41, 5.74) is 4.43. The van der Waals surface area contributed by atoms with Crippen molar-refractivity contribution < 1.29 is 22.2 Å². The molecule has 0 heterocycles. The van der Waals surface area contributed by atoms with Crippen LogP contribution in [0.5, 0.6) is 0 Å². The molecule has 0 saturated heterocycles. The first-order chi connectivity index (χ1) is 14.4. The molecule has 2 atom stereocenters. The van der Waals surface area contributed by atoms with Gasteiger partial charge in [0.25, 0.3) is 0 Å². The van der Waals surface area contributed by atoms with Gasteiger partial charge in [0.1, 0.15) is 0 Å². The molecule has 2 rings (SSSR count). The average molecular weight is 461 g/mol. The zero-order valence-electron chi connectivity index (χ0n) is 20.1. The van der Waals surface area contributed by atoms with Gasteiger partial charge in [0.05, 0.1) is 0 Å². The van der Waals surface area contributed by atoms with Gasteiger partial charge >= 0.3 is 193 Å². The Hall–Kier alpha value is -0.899. The SMILES string of the molecule is CCCCCCCCCC(=O)[NH][Ti]([C]1=C(C)C(C)=C(C)C1C)[SiH](C)c1ccccc1. The number of amides is 1. The van der Waals surface area contributed by atoms with E-state index in [0.717, 1.165) is 6.42 Å². The van der Waals surface area contributed by atoms with Crippen LogP contribution in [0.15, 0.2) is 50.9 Å². The predicted molar refractivity (Wildman–Crippen MR) is 130 cm³/mol. The van der Waals surface area contributed by atoms with E-state index in [1.807, 2.05) is 0 Å². The Balaban J connectivity index is 2.05. The average Bonchev–Trinajstić information content (AvgIpc) is 2.94. The molecular weight excluding hydrogens is 418 g/mol. The van der Waals surface area contributed by atoms with Gasteiger partial charge in [-0.3, -0.25) is 0 Å². The van der Waals surface area contributed by atoms with Gasteiger partial charge in [0, 0.05) is 0 Å². The van der Waals surface area contributed by atoms with Gasteiger partial charge in [0.15, 0.2) is 0 Å². The fourth-order valence-corrected chi connectivity index (χ4v) is 17.5. The van der Waals surface area contributed by atoms with Crippen LogP contribution in [0.2, 0.25) is 6.55 Å². The molecule has 0 fully saturated rings. The van der Waals surface area contributed by atoms with Crippen molar-refractivity contribution in [2.45, 2.75) is 92.5 Å². The molecule has 1 aromatic carbocycles. The van der Waals surface area contributed by atoms with E-state index >= 15 is 0 Å². The van der Waals surface area contributed by atoms with E-state index in [9.17, 15) is 4.79 Å². The zero-order valence-corrected chi connectivity index (χ0v) is 22.8. The third-order valence-corrected chi connectivity index (χ3v) is 19.7. The summed E-state index contributed by atoms with van der Waals surface area (Å²) in [6.45, 7) is 12.7. The van der Waals surface area contributed by atoms with Gasteiger partial charge in [-0.25, -0.2) is 0 Å². The van der Waals surface area contributed by atoms with E-state index in [4.69, 9.17) is 0 Å². The molecule has 0 radical (unpaired) electrons. The Labute approximate surface area is 192 Å². The Morgan fingerprint density at radius 2 is 1.57 bits per heavy atom. The summed E-state index contributed by atoms with van der Waals surface area (Å²) in [7, 11) is 0. The Morgan fingerprint density at radius 3 is 2.13 bits per heavy atom. The fourth-order valence-electron chi connectivity index (χ4n) is 4.57. The first-order valence-electron chi connectivity index (χ1n) is 12.0. The summed E-state index contributed by atoms with van der Waals surface area (Å²) in [6.07, 6.45) is 9.50. The maximum atomic E-state index is 13.0. The van der Waals surface area contributed by atoms with Crippen molar-refractivity contribution in [3.63, 3.8) is 0 Å². The van der Waals surface area contributed by atoms with Crippen molar-refractivity contribution in [1.29, 1.82) is 0 Å². The second kappa shape index (κ2) is 12.8. The molecule has 1 aromatic rings. The molecule has 1 amide bonds. The van der Waals surface area contributed by atoms with E-state index in [0.29, 0.717) is 18.2 Å². The predicted octanol–water partition coefficient (Wildman–Crippen LogP) is 6.30. The molecule has 30 heavy (non-hydrogen) atoms. The van der Waals surface area contributed by atoms with Crippen LogP contribution in [0.4, 0.5) is 0 Å². The van der Waals surface area contributed by atoms with Crippen molar-refractivity contribution in [2.24, 2.45) is 5.92 Å². The molecule has 1 N–H and O–H groups in total. The summed E-state index contributed by atoms with van der Waals surface area (Å²) in [5.74, 6) is 0.807.